The van der Waals surface area contributed by atoms with Crippen molar-refractivity contribution in [2.75, 3.05) is 23.7 Å². The highest BCUT2D eigenvalue weighted by Gasteiger charge is 2.32. The second kappa shape index (κ2) is 5.31. The zero-order chi connectivity index (χ0) is 14.1. The van der Waals surface area contributed by atoms with Crippen LogP contribution in [0.3, 0.4) is 0 Å². The molecule has 5 nitrogen and oxygen atoms in total. The van der Waals surface area contributed by atoms with Gasteiger partial charge in [0.25, 0.3) is 0 Å². The van der Waals surface area contributed by atoms with Crippen LogP contribution in [0.2, 0.25) is 0 Å². The summed E-state index contributed by atoms with van der Waals surface area (Å²) in [7, 11) is 0. The first-order valence-corrected chi connectivity index (χ1v) is 7.39. The molecule has 1 saturated heterocycles. The second-order valence-electron chi connectivity index (χ2n) is 5.94. The molecule has 0 radical (unpaired) electrons. The van der Waals surface area contributed by atoms with Crippen LogP contribution >= 0.6 is 0 Å². The molecule has 2 atom stereocenters. The van der Waals surface area contributed by atoms with E-state index < -0.39 is 5.97 Å². The summed E-state index contributed by atoms with van der Waals surface area (Å²) in [5.74, 6) is 1.21. The summed E-state index contributed by atoms with van der Waals surface area (Å²) in [6.07, 6.45) is 8.00. The summed E-state index contributed by atoms with van der Waals surface area (Å²) in [5, 5.41) is 9.15. The Morgan fingerprint density at radius 3 is 2.80 bits per heavy atom. The number of nitrogen functional groups attached to an aromatic ring is 1. The molecule has 1 saturated carbocycles. The Balaban J connectivity index is 1.83. The third kappa shape index (κ3) is 2.32. The molecule has 1 aromatic rings. The van der Waals surface area contributed by atoms with Crippen LogP contribution in [-0.4, -0.2) is 29.1 Å². The van der Waals surface area contributed by atoms with Crippen LogP contribution < -0.4 is 10.6 Å². The van der Waals surface area contributed by atoms with Gasteiger partial charge >= 0.3 is 5.97 Å². The maximum Gasteiger partial charge on any atom is 0.337 e. The van der Waals surface area contributed by atoms with Gasteiger partial charge in [-0.1, -0.05) is 19.3 Å². The SMILES string of the molecule is Nc1c(C(=O)O)ccnc1N1CCC2CCCCC2C1. The van der Waals surface area contributed by atoms with Crippen molar-refractivity contribution in [2.24, 2.45) is 11.8 Å². The highest BCUT2D eigenvalue weighted by molar-refractivity contribution is 5.96. The van der Waals surface area contributed by atoms with E-state index >= 15 is 0 Å². The van der Waals surface area contributed by atoms with Crippen molar-refractivity contribution in [3.05, 3.63) is 17.8 Å². The Labute approximate surface area is 118 Å². The number of carboxylic acids is 1. The second-order valence-corrected chi connectivity index (χ2v) is 5.94. The number of aromatic nitrogens is 1. The van der Waals surface area contributed by atoms with Crippen LogP contribution in [-0.2, 0) is 0 Å². The highest BCUT2D eigenvalue weighted by atomic mass is 16.4. The molecule has 2 heterocycles. The first-order valence-electron chi connectivity index (χ1n) is 7.39. The minimum absolute atomic E-state index is 0.153. The summed E-state index contributed by atoms with van der Waals surface area (Å²) < 4.78 is 0. The van der Waals surface area contributed by atoms with Crippen LogP contribution in [0.5, 0.6) is 0 Å². The maximum absolute atomic E-state index is 11.2. The Bertz CT molecular complexity index is 518. The topological polar surface area (TPSA) is 79.5 Å². The fourth-order valence-corrected chi connectivity index (χ4v) is 3.69. The van der Waals surface area contributed by atoms with Crippen molar-refractivity contribution >= 4 is 17.5 Å². The van der Waals surface area contributed by atoms with Crippen molar-refractivity contribution in [2.45, 2.75) is 32.1 Å². The lowest BCUT2D eigenvalue weighted by molar-refractivity contribution is 0.0698. The van der Waals surface area contributed by atoms with E-state index in [1.54, 1.807) is 6.20 Å². The lowest BCUT2D eigenvalue weighted by Crippen LogP contribution is -2.42. The lowest BCUT2D eigenvalue weighted by atomic mass is 9.75. The molecule has 0 amide bonds. The summed E-state index contributed by atoms with van der Waals surface area (Å²) in [6, 6.07) is 1.47. The van der Waals surface area contributed by atoms with E-state index in [0.717, 1.165) is 19.0 Å². The fraction of sp³-hybridized carbons (Fsp3) is 0.600. The van der Waals surface area contributed by atoms with E-state index in [1.807, 2.05) is 0 Å². The standard InChI is InChI=1S/C15H21N3O2/c16-13-12(15(19)20)5-7-17-14(13)18-8-6-10-3-1-2-4-11(10)9-18/h5,7,10-11H,1-4,6,8-9,16H2,(H,19,20). The molecular weight excluding hydrogens is 254 g/mol. The van der Waals surface area contributed by atoms with Gasteiger partial charge in [0.1, 0.15) is 0 Å². The molecule has 1 aromatic heterocycles. The first-order chi connectivity index (χ1) is 9.66. The predicted molar refractivity (Wildman–Crippen MR) is 77.9 cm³/mol. The molecule has 2 fully saturated rings. The number of aromatic carboxylic acids is 1. The Kier molecular flexibility index (Phi) is 3.51. The number of carboxylic acid groups (broad SMARTS) is 1. The molecule has 108 valence electrons. The molecule has 3 N–H and O–H groups in total. The largest absolute Gasteiger partial charge is 0.478 e. The smallest absolute Gasteiger partial charge is 0.337 e. The zero-order valence-corrected chi connectivity index (χ0v) is 11.6. The number of hydrogen-bond donors (Lipinski definition) is 2. The van der Waals surface area contributed by atoms with Gasteiger partial charge in [0.05, 0.1) is 11.3 Å². The number of rotatable bonds is 2. The van der Waals surface area contributed by atoms with Crippen molar-refractivity contribution in [3.63, 3.8) is 0 Å². The molecule has 1 aliphatic heterocycles. The zero-order valence-electron chi connectivity index (χ0n) is 11.6. The first kappa shape index (κ1) is 13.2. The molecule has 3 rings (SSSR count). The average molecular weight is 275 g/mol. The highest BCUT2D eigenvalue weighted by Crippen LogP contribution is 2.38. The number of carbonyl (C=O) groups is 1. The van der Waals surface area contributed by atoms with Crippen LogP contribution in [0.15, 0.2) is 12.3 Å². The van der Waals surface area contributed by atoms with E-state index in [9.17, 15) is 4.79 Å². The van der Waals surface area contributed by atoms with Gasteiger partial charge in [-0.3, -0.25) is 0 Å². The molecule has 0 bridgehead atoms. The number of nitrogens with two attached hydrogens (primary N) is 1. The van der Waals surface area contributed by atoms with Crippen molar-refractivity contribution < 1.29 is 9.90 Å². The number of nitrogens with zero attached hydrogens (tertiary/aromatic N) is 2. The van der Waals surface area contributed by atoms with Gasteiger partial charge in [0.2, 0.25) is 0 Å². The number of anilines is 2. The third-order valence-corrected chi connectivity index (χ3v) is 4.79. The Morgan fingerprint density at radius 1 is 1.30 bits per heavy atom. The third-order valence-electron chi connectivity index (χ3n) is 4.79. The number of hydrogen-bond acceptors (Lipinski definition) is 4. The van der Waals surface area contributed by atoms with E-state index in [1.165, 1.54) is 38.2 Å². The van der Waals surface area contributed by atoms with Crippen molar-refractivity contribution in [1.29, 1.82) is 0 Å². The summed E-state index contributed by atoms with van der Waals surface area (Å²) >= 11 is 0. The maximum atomic E-state index is 11.2. The number of pyridine rings is 1. The minimum atomic E-state index is -0.987. The molecule has 1 aliphatic carbocycles. The van der Waals surface area contributed by atoms with E-state index in [0.29, 0.717) is 17.4 Å². The molecule has 2 aliphatic rings. The summed E-state index contributed by atoms with van der Waals surface area (Å²) in [6.45, 7) is 1.90. The average Bonchev–Trinajstić information content (AvgIpc) is 2.46. The minimum Gasteiger partial charge on any atom is -0.478 e. The van der Waals surface area contributed by atoms with Gasteiger partial charge in [-0.25, -0.2) is 9.78 Å². The summed E-state index contributed by atoms with van der Waals surface area (Å²) in [5.41, 5.74) is 6.45. The molecule has 0 spiro atoms. The Hall–Kier alpha value is -1.78. The van der Waals surface area contributed by atoms with E-state index in [2.05, 4.69) is 9.88 Å². The Morgan fingerprint density at radius 2 is 2.05 bits per heavy atom. The monoisotopic (exact) mass is 275 g/mol. The van der Waals surface area contributed by atoms with Gasteiger partial charge < -0.3 is 15.7 Å². The predicted octanol–water partition coefficient (Wildman–Crippen LogP) is 2.38. The number of fused-ring (bicyclic) bond motifs is 1. The van der Waals surface area contributed by atoms with Crippen molar-refractivity contribution in [3.8, 4) is 0 Å². The van der Waals surface area contributed by atoms with Gasteiger partial charge in [-0.2, -0.15) is 0 Å². The van der Waals surface area contributed by atoms with Gasteiger partial charge in [-0.05, 0) is 30.7 Å². The van der Waals surface area contributed by atoms with Gasteiger partial charge in [-0.15, -0.1) is 0 Å². The van der Waals surface area contributed by atoms with Crippen LogP contribution in [0.1, 0.15) is 42.5 Å². The molecule has 5 heteroatoms. The van der Waals surface area contributed by atoms with Crippen molar-refractivity contribution in [1.82, 2.24) is 4.98 Å². The molecule has 2 unspecified atom stereocenters. The molecular formula is C15H21N3O2. The van der Waals surface area contributed by atoms with E-state index in [4.69, 9.17) is 10.8 Å². The van der Waals surface area contributed by atoms with Gasteiger partial charge in [0.15, 0.2) is 5.82 Å². The quantitative estimate of drug-likeness (QED) is 0.866. The van der Waals surface area contributed by atoms with Crippen LogP contribution in [0.25, 0.3) is 0 Å². The molecule has 0 aromatic carbocycles. The fourth-order valence-electron chi connectivity index (χ4n) is 3.69. The van der Waals surface area contributed by atoms with Gasteiger partial charge in [0, 0.05) is 19.3 Å². The van der Waals surface area contributed by atoms with E-state index in [-0.39, 0.29) is 5.56 Å². The summed E-state index contributed by atoms with van der Waals surface area (Å²) in [4.78, 5) is 17.7. The normalized spacial score (nSPS) is 26.1. The molecule has 20 heavy (non-hydrogen) atoms. The lowest BCUT2D eigenvalue weighted by Gasteiger charge is -2.42. The number of piperidine rings is 1. The van der Waals surface area contributed by atoms with Crippen LogP contribution in [0, 0.1) is 11.8 Å². The van der Waals surface area contributed by atoms with Crippen LogP contribution in [0.4, 0.5) is 11.5 Å².